The summed E-state index contributed by atoms with van der Waals surface area (Å²) in [5.41, 5.74) is -0.330. The molecule has 0 bridgehead atoms. The number of rotatable bonds is 5. The highest BCUT2D eigenvalue weighted by Crippen LogP contribution is 2.17. The molecule has 104 valence electrons. The first-order chi connectivity index (χ1) is 8.20. The van der Waals surface area contributed by atoms with Gasteiger partial charge in [-0.2, -0.15) is 4.68 Å². The summed E-state index contributed by atoms with van der Waals surface area (Å²) >= 11 is 0. The van der Waals surface area contributed by atoms with E-state index in [-0.39, 0.29) is 24.7 Å². The van der Waals surface area contributed by atoms with Crippen molar-refractivity contribution in [3.8, 4) is 0 Å². The first kappa shape index (κ1) is 14.9. The highest BCUT2D eigenvalue weighted by Gasteiger charge is 2.23. The van der Waals surface area contributed by atoms with Crippen LogP contribution in [0.25, 0.3) is 0 Å². The van der Waals surface area contributed by atoms with Gasteiger partial charge < -0.3 is 14.3 Å². The van der Waals surface area contributed by atoms with E-state index in [1.165, 1.54) is 0 Å². The van der Waals surface area contributed by atoms with Gasteiger partial charge in [0.05, 0.1) is 25.4 Å². The predicted octanol–water partition coefficient (Wildman–Crippen LogP) is 0.920. The van der Waals surface area contributed by atoms with Crippen molar-refractivity contribution in [1.29, 1.82) is 0 Å². The van der Waals surface area contributed by atoms with Crippen LogP contribution in [-0.2, 0) is 16.7 Å². The van der Waals surface area contributed by atoms with Crippen molar-refractivity contribution < 1.29 is 14.3 Å². The average Bonchev–Trinajstić information content (AvgIpc) is 2.57. The van der Waals surface area contributed by atoms with E-state index in [4.69, 9.17) is 9.15 Å². The lowest BCUT2D eigenvalue weighted by Gasteiger charge is -2.13. The molecular weight excluding hydrogens is 236 g/mol. The van der Waals surface area contributed by atoms with Crippen molar-refractivity contribution in [2.24, 2.45) is 0 Å². The highest BCUT2D eigenvalue weighted by molar-refractivity contribution is 4.94. The van der Waals surface area contributed by atoms with Crippen LogP contribution in [0.1, 0.15) is 40.5 Å². The smallest absolute Gasteiger partial charge is 0.392 e. The number of aliphatic hydroxyl groups is 1. The summed E-state index contributed by atoms with van der Waals surface area (Å²) in [6.45, 7) is 9.72. The Morgan fingerprint density at radius 1 is 1.44 bits per heavy atom. The van der Waals surface area contributed by atoms with Gasteiger partial charge in [0.25, 0.3) is 0 Å². The van der Waals surface area contributed by atoms with Crippen molar-refractivity contribution >= 4 is 0 Å². The van der Waals surface area contributed by atoms with Crippen molar-refractivity contribution in [1.82, 2.24) is 9.78 Å². The largest absolute Gasteiger partial charge is 0.437 e. The molecular formula is C12H22N2O4. The topological polar surface area (TPSA) is 77.5 Å². The molecule has 1 heterocycles. The highest BCUT2D eigenvalue weighted by atomic mass is 16.5. The van der Waals surface area contributed by atoms with Gasteiger partial charge in [0, 0.05) is 5.41 Å². The van der Waals surface area contributed by atoms with Crippen molar-refractivity contribution in [3.63, 3.8) is 0 Å². The SMILES string of the molecule is CC(C)OCC(O)Cn1nc(C(C)(C)C)oc1=O. The number of ether oxygens (including phenoxy) is 1. The van der Waals surface area contributed by atoms with Crippen molar-refractivity contribution in [2.75, 3.05) is 6.61 Å². The normalized spacial score (nSPS) is 14.2. The summed E-state index contributed by atoms with van der Waals surface area (Å²) in [6, 6.07) is 0. The molecule has 1 N–H and O–H groups in total. The number of aromatic nitrogens is 2. The molecule has 0 aromatic carbocycles. The van der Waals surface area contributed by atoms with Crippen LogP contribution in [0.2, 0.25) is 0 Å². The molecule has 1 atom stereocenters. The van der Waals surface area contributed by atoms with Crippen LogP contribution in [0.5, 0.6) is 0 Å². The maximum absolute atomic E-state index is 11.5. The number of nitrogens with zero attached hydrogens (tertiary/aromatic N) is 2. The molecule has 1 aromatic heterocycles. The molecule has 0 aliphatic carbocycles. The van der Waals surface area contributed by atoms with Gasteiger partial charge >= 0.3 is 5.76 Å². The van der Waals surface area contributed by atoms with Gasteiger partial charge in [0.15, 0.2) is 0 Å². The third kappa shape index (κ3) is 4.27. The third-order valence-corrected chi connectivity index (χ3v) is 2.25. The molecule has 0 saturated carbocycles. The first-order valence-corrected chi connectivity index (χ1v) is 6.08. The summed E-state index contributed by atoms with van der Waals surface area (Å²) in [6.07, 6.45) is -0.734. The van der Waals surface area contributed by atoms with Gasteiger partial charge in [0.2, 0.25) is 5.89 Å². The van der Waals surface area contributed by atoms with Gasteiger partial charge in [-0.15, -0.1) is 5.10 Å². The van der Waals surface area contributed by atoms with Crippen molar-refractivity contribution in [3.05, 3.63) is 16.4 Å². The molecule has 0 fully saturated rings. The lowest BCUT2D eigenvalue weighted by molar-refractivity contribution is -0.00271. The second kappa shape index (κ2) is 5.67. The Kier molecular flexibility index (Phi) is 4.70. The monoisotopic (exact) mass is 258 g/mol. The van der Waals surface area contributed by atoms with E-state index < -0.39 is 11.9 Å². The molecule has 0 aliphatic heterocycles. The van der Waals surface area contributed by atoms with E-state index in [1.54, 1.807) is 0 Å². The molecule has 1 rings (SSSR count). The molecule has 1 unspecified atom stereocenters. The Hall–Kier alpha value is -1.14. The van der Waals surface area contributed by atoms with Crippen LogP contribution >= 0.6 is 0 Å². The predicted molar refractivity (Wildman–Crippen MR) is 66.6 cm³/mol. The van der Waals surface area contributed by atoms with Crippen LogP contribution in [0.4, 0.5) is 0 Å². The molecule has 0 aliphatic rings. The fraction of sp³-hybridized carbons (Fsp3) is 0.833. The second-order valence-corrected chi connectivity index (χ2v) is 5.64. The number of hydrogen-bond acceptors (Lipinski definition) is 5. The Balaban J connectivity index is 2.68. The Labute approximate surface area is 107 Å². The third-order valence-electron chi connectivity index (χ3n) is 2.25. The summed E-state index contributed by atoms with van der Waals surface area (Å²) in [7, 11) is 0. The summed E-state index contributed by atoms with van der Waals surface area (Å²) < 4.78 is 11.4. The maximum atomic E-state index is 11.5. The lowest BCUT2D eigenvalue weighted by atomic mass is 9.97. The molecule has 6 heteroatoms. The van der Waals surface area contributed by atoms with E-state index in [1.807, 2.05) is 34.6 Å². The summed E-state index contributed by atoms with van der Waals surface area (Å²) in [4.78, 5) is 11.5. The quantitative estimate of drug-likeness (QED) is 0.849. The Morgan fingerprint density at radius 2 is 2.06 bits per heavy atom. The minimum atomic E-state index is -0.775. The van der Waals surface area contributed by atoms with Gasteiger partial charge in [-0.3, -0.25) is 0 Å². The Morgan fingerprint density at radius 3 is 2.50 bits per heavy atom. The zero-order valence-corrected chi connectivity index (χ0v) is 11.6. The molecule has 6 nitrogen and oxygen atoms in total. The zero-order valence-electron chi connectivity index (χ0n) is 11.6. The second-order valence-electron chi connectivity index (χ2n) is 5.64. The van der Waals surface area contributed by atoms with Gasteiger partial charge in [-0.25, -0.2) is 4.79 Å². The van der Waals surface area contributed by atoms with Gasteiger partial charge in [-0.05, 0) is 13.8 Å². The van der Waals surface area contributed by atoms with Crippen LogP contribution in [0.15, 0.2) is 9.21 Å². The van der Waals surface area contributed by atoms with Crippen LogP contribution < -0.4 is 5.76 Å². The summed E-state index contributed by atoms with van der Waals surface area (Å²) in [5.74, 6) is -0.187. The van der Waals surface area contributed by atoms with E-state index in [2.05, 4.69) is 5.10 Å². The molecule has 18 heavy (non-hydrogen) atoms. The maximum Gasteiger partial charge on any atom is 0.437 e. The van der Waals surface area contributed by atoms with Crippen LogP contribution in [0, 0.1) is 0 Å². The minimum Gasteiger partial charge on any atom is -0.392 e. The summed E-state index contributed by atoms with van der Waals surface area (Å²) in [5, 5.41) is 13.8. The van der Waals surface area contributed by atoms with E-state index >= 15 is 0 Å². The molecule has 0 amide bonds. The van der Waals surface area contributed by atoms with E-state index in [0.717, 1.165) is 4.68 Å². The lowest BCUT2D eigenvalue weighted by Crippen LogP contribution is -2.29. The standard InChI is InChI=1S/C12H22N2O4/c1-8(2)17-7-9(15)6-14-11(16)18-10(13-14)12(3,4)5/h8-9,15H,6-7H2,1-5H3. The van der Waals surface area contributed by atoms with E-state index in [0.29, 0.717) is 5.89 Å². The Bertz CT molecular complexity index is 428. The molecule has 0 saturated heterocycles. The average molecular weight is 258 g/mol. The molecule has 0 radical (unpaired) electrons. The molecule has 1 aromatic rings. The van der Waals surface area contributed by atoms with Crippen LogP contribution in [0.3, 0.4) is 0 Å². The first-order valence-electron chi connectivity index (χ1n) is 6.08. The van der Waals surface area contributed by atoms with E-state index in [9.17, 15) is 9.90 Å². The minimum absolute atomic E-state index is 0.0406. The van der Waals surface area contributed by atoms with Gasteiger partial charge in [0.1, 0.15) is 0 Å². The fourth-order valence-corrected chi connectivity index (χ4v) is 1.28. The van der Waals surface area contributed by atoms with Crippen molar-refractivity contribution in [2.45, 2.75) is 58.8 Å². The molecule has 0 spiro atoms. The fourth-order valence-electron chi connectivity index (χ4n) is 1.28. The number of hydrogen-bond donors (Lipinski definition) is 1. The zero-order chi connectivity index (χ0) is 13.9. The number of aliphatic hydroxyl groups excluding tert-OH is 1. The van der Waals surface area contributed by atoms with Crippen LogP contribution in [-0.4, -0.2) is 33.7 Å². The van der Waals surface area contributed by atoms with Gasteiger partial charge in [-0.1, -0.05) is 20.8 Å².